The van der Waals surface area contributed by atoms with Crippen LogP contribution < -0.4 is 10.1 Å². The molecule has 0 amide bonds. The fraction of sp³-hybridized carbons (Fsp3) is 0.500. The van der Waals surface area contributed by atoms with Gasteiger partial charge in [0.1, 0.15) is 5.75 Å². The van der Waals surface area contributed by atoms with Crippen molar-refractivity contribution >= 4 is 15.9 Å². The van der Waals surface area contributed by atoms with E-state index in [1.54, 1.807) is 7.11 Å². The first-order valence-corrected chi connectivity index (χ1v) is 6.13. The Kier molecular flexibility index (Phi) is 5.80. The molecule has 0 aliphatic heterocycles. The number of ether oxygens (including phenoxy) is 1. The second-order valence-corrected chi connectivity index (χ2v) is 4.51. The van der Waals surface area contributed by atoms with Crippen LogP contribution in [0.3, 0.4) is 0 Å². The molecule has 16 heavy (non-hydrogen) atoms. The average Bonchev–Trinajstić information content (AvgIpc) is 2.30. The summed E-state index contributed by atoms with van der Waals surface area (Å²) >= 11 is 3.46. The number of methoxy groups -OCH3 is 1. The molecular weight excluding hydrogens is 270 g/mol. The fourth-order valence-corrected chi connectivity index (χ4v) is 2.11. The molecule has 1 atom stereocenters. The van der Waals surface area contributed by atoms with Crippen molar-refractivity contribution in [3.05, 3.63) is 28.2 Å². The van der Waals surface area contributed by atoms with Crippen LogP contribution in [0.25, 0.3) is 0 Å². The van der Waals surface area contributed by atoms with Crippen molar-refractivity contribution in [3.8, 4) is 5.75 Å². The van der Waals surface area contributed by atoms with E-state index >= 15 is 0 Å². The van der Waals surface area contributed by atoms with Gasteiger partial charge in [-0.3, -0.25) is 0 Å². The van der Waals surface area contributed by atoms with Gasteiger partial charge in [-0.1, -0.05) is 15.9 Å². The van der Waals surface area contributed by atoms with Crippen LogP contribution in [0.4, 0.5) is 0 Å². The largest absolute Gasteiger partial charge is 0.496 e. The van der Waals surface area contributed by atoms with Crippen molar-refractivity contribution in [2.75, 3.05) is 20.8 Å². The summed E-state index contributed by atoms with van der Waals surface area (Å²) in [5.41, 5.74) is 1.12. The number of halogens is 1. The summed E-state index contributed by atoms with van der Waals surface area (Å²) in [5.74, 6) is 0.875. The summed E-state index contributed by atoms with van der Waals surface area (Å²) in [5, 5.41) is 12.1. The summed E-state index contributed by atoms with van der Waals surface area (Å²) in [6.45, 7) is 0.217. The zero-order chi connectivity index (χ0) is 12.0. The molecule has 0 radical (unpaired) electrons. The minimum Gasteiger partial charge on any atom is -0.496 e. The first-order valence-electron chi connectivity index (χ1n) is 5.34. The van der Waals surface area contributed by atoms with E-state index in [4.69, 9.17) is 9.84 Å². The molecule has 0 heterocycles. The summed E-state index contributed by atoms with van der Waals surface area (Å²) < 4.78 is 6.37. The third-order valence-corrected chi connectivity index (χ3v) is 3.06. The zero-order valence-corrected chi connectivity index (χ0v) is 11.3. The second-order valence-electron chi connectivity index (χ2n) is 3.59. The smallest absolute Gasteiger partial charge is 0.123 e. The second kappa shape index (κ2) is 6.89. The molecular formula is C12H18BrNO2. The number of hydrogen-bond acceptors (Lipinski definition) is 3. The molecule has 0 aliphatic carbocycles. The Morgan fingerprint density at radius 1 is 1.50 bits per heavy atom. The number of aliphatic hydroxyl groups is 1. The van der Waals surface area contributed by atoms with Crippen LogP contribution in [0.2, 0.25) is 0 Å². The Labute approximate surface area is 105 Å². The van der Waals surface area contributed by atoms with E-state index in [0.717, 1.165) is 28.6 Å². The molecule has 0 spiro atoms. The summed E-state index contributed by atoms with van der Waals surface area (Å²) in [6.07, 6.45) is 1.67. The van der Waals surface area contributed by atoms with Gasteiger partial charge in [0, 0.05) is 22.7 Å². The maximum absolute atomic E-state index is 8.87. The normalized spacial score (nSPS) is 12.5. The minimum atomic E-state index is 0.208. The molecule has 4 heteroatoms. The molecule has 90 valence electrons. The lowest BCUT2D eigenvalue weighted by atomic mass is 10.0. The summed E-state index contributed by atoms with van der Waals surface area (Å²) in [4.78, 5) is 0. The molecule has 0 bridgehead atoms. The van der Waals surface area contributed by atoms with Crippen molar-refractivity contribution < 1.29 is 9.84 Å². The SMILES string of the molecule is CNC(CCCO)c1cc(Br)ccc1OC. The standard InChI is InChI=1S/C12H18BrNO2/c1-14-11(4-3-7-15)10-8-9(13)5-6-12(10)16-2/h5-6,8,11,14-15H,3-4,7H2,1-2H3. The van der Waals surface area contributed by atoms with Gasteiger partial charge in [0.05, 0.1) is 7.11 Å². The third-order valence-electron chi connectivity index (χ3n) is 2.57. The molecule has 0 saturated carbocycles. The first kappa shape index (κ1) is 13.5. The average molecular weight is 288 g/mol. The molecule has 1 aromatic carbocycles. The van der Waals surface area contributed by atoms with Gasteiger partial charge in [-0.25, -0.2) is 0 Å². The van der Waals surface area contributed by atoms with Crippen LogP contribution in [-0.2, 0) is 0 Å². The van der Waals surface area contributed by atoms with Crippen LogP contribution in [0.1, 0.15) is 24.4 Å². The number of benzene rings is 1. The number of rotatable bonds is 6. The van der Waals surface area contributed by atoms with E-state index in [0.29, 0.717) is 0 Å². The van der Waals surface area contributed by atoms with Crippen LogP contribution in [0, 0.1) is 0 Å². The van der Waals surface area contributed by atoms with Gasteiger partial charge in [0.15, 0.2) is 0 Å². The van der Waals surface area contributed by atoms with Gasteiger partial charge in [-0.05, 0) is 38.1 Å². The Balaban J connectivity index is 2.92. The summed E-state index contributed by atoms with van der Waals surface area (Å²) in [7, 11) is 3.59. The van der Waals surface area contributed by atoms with Crippen LogP contribution in [-0.4, -0.2) is 25.9 Å². The topological polar surface area (TPSA) is 41.5 Å². The Morgan fingerprint density at radius 3 is 2.81 bits per heavy atom. The Morgan fingerprint density at radius 2 is 2.25 bits per heavy atom. The van der Waals surface area contributed by atoms with Crippen molar-refractivity contribution in [1.29, 1.82) is 0 Å². The van der Waals surface area contributed by atoms with Gasteiger partial charge in [-0.15, -0.1) is 0 Å². The molecule has 2 N–H and O–H groups in total. The molecule has 0 aromatic heterocycles. The number of aliphatic hydroxyl groups excluding tert-OH is 1. The van der Waals surface area contributed by atoms with Crippen molar-refractivity contribution in [1.82, 2.24) is 5.32 Å². The zero-order valence-electron chi connectivity index (χ0n) is 9.66. The minimum absolute atomic E-state index is 0.208. The number of hydrogen-bond donors (Lipinski definition) is 2. The maximum Gasteiger partial charge on any atom is 0.123 e. The van der Waals surface area contributed by atoms with Crippen molar-refractivity contribution in [2.24, 2.45) is 0 Å². The third kappa shape index (κ3) is 3.47. The lowest BCUT2D eigenvalue weighted by molar-refractivity contribution is 0.275. The highest BCUT2D eigenvalue weighted by molar-refractivity contribution is 9.10. The molecule has 3 nitrogen and oxygen atoms in total. The lowest BCUT2D eigenvalue weighted by Gasteiger charge is -2.19. The number of nitrogens with one attached hydrogen (secondary N) is 1. The highest BCUT2D eigenvalue weighted by Crippen LogP contribution is 2.30. The Bertz CT molecular complexity index is 331. The lowest BCUT2D eigenvalue weighted by Crippen LogP contribution is -2.17. The molecule has 0 fully saturated rings. The van der Waals surface area contributed by atoms with Crippen LogP contribution >= 0.6 is 15.9 Å². The van der Waals surface area contributed by atoms with Gasteiger partial charge < -0.3 is 15.2 Å². The van der Waals surface area contributed by atoms with E-state index in [1.165, 1.54) is 0 Å². The molecule has 1 unspecified atom stereocenters. The van der Waals surface area contributed by atoms with Crippen molar-refractivity contribution in [2.45, 2.75) is 18.9 Å². The Hall–Kier alpha value is -0.580. The van der Waals surface area contributed by atoms with Gasteiger partial charge in [0.25, 0.3) is 0 Å². The first-order chi connectivity index (χ1) is 7.72. The van der Waals surface area contributed by atoms with E-state index in [1.807, 2.05) is 19.2 Å². The summed E-state index contributed by atoms with van der Waals surface area (Å²) in [6, 6.07) is 6.17. The van der Waals surface area contributed by atoms with Crippen LogP contribution in [0.15, 0.2) is 22.7 Å². The quantitative estimate of drug-likeness (QED) is 0.845. The molecule has 1 rings (SSSR count). The molecule has 0 aliphatic rings. The predicted molar refractivity (Wildman–Crippen MR) is 68.8 cm³/mol. The van der Waals surface area contributed by atoms with E-state index in [2.05, 4.69) is 27.3 Å². The highest BCUT2D eigenvalue weighted by Gasteiger charge is 2.14. The maximum atomic E-state index is 8.87. The van der Waals surface area contributed by atoms with E-state index in [-0.39, 0.29) is 12.6 Å². The van der Waals surface area contributed by atoms with Crippen LogP contribution in [0.5, 0.6) is 5.75 Å². The van der Waals surface area contributed by atoms with Gasteiger partial charge in [-0.2, -0.15) is 0 Å². The fourth-order valence-electron chi connectivity index (χ4n) is 1.73. The van der Waals surface area contributed by atoms with Gasteiger partial charge in [0.2, 0.25) is 0 Å². The van der Waals surface area contributed by atoms with E-state index in [9.17, 15) is 0 Å². The van der Waals surface area contributed by atoms with Gasteiger partial charge >= 0.3 is 0 Å². The molecule has 0 saturated heterocycles. The molecule has 1 aromatic rings. The van der Waals surface area contributed by atoms with E-state index < -0.39 is 0 Å². The predicted octanol–water partition coefficient (Wildman–Crippen LogP) is 2.49. The monoisotopic (exact) mass is 287 g/mol. The van der Waals surface area contributed by atoms with Crippen molar-refractivity contribution in [3.63, 3.8) is 0 Å². The highest BCUT2D eigenvalue weighted by atomic mass is 79.9.